The van der Waals surface area contributed by atoms with Gasteiger partial charge in [0.15, 0.2) is 17.7 Å². The van der Waals surface area contributed by atoms with E-state index in [4.69, 9.17) is 14.0 Å². The summed E-state index contributed by atoms with van der Waals surface area (Å²) in [5.74, 6) is 0.215. The Morgan fingerprint density at radius 3 is 3.00 bits per heavy atom. The zero-order chi connectivity index (χ0) is 18.8. The number of rotatable bonds is 5. The van der Waals surface area contributed by atoms with Crippen molar-refractivity contribution < 1.29 is 18.8 Å². The Kier molecular flexibility index (Phi) is 4.91. The molecule has 3 aromatic rings. The van der Waals surface area contributed by atoms with Crippen LogP contribution in [-0.4, -0.2) is 33.6 Å². The zero-order valence-electron chi connectivity index (χ0n) is 15.3. The third-order valence-corrected chi connectivity index (χ3v) is 4.50. The van der Waals surface area contributed by atoms with Crippen LogP contribution >= 0.6 is 0 Å². The van der Waals surface area contributed by atoms with E-state index in [1.54, 1.807) is 35.3 Å². The summed E-state index contributed by atoms with van der Waals surface area (Å²) in [6.07, 6.45) is 5.60. The van der Waals surface area contributed by atoms with Crippen LogP contribution in [0.4, 0.5) is 0 Å². The topological polar surface area (TPSA) is 91.4 Å². The molecule has 4 rings (SSSR count). The van der Waals surface area contributed by atoms with Gasteiger partial charge in [0.25, 0.3) is 5.91 Å². The molecule has 3 aromatic heterocycles. The number of carbonyl (C=O) groups is 1. The monoisotopic (exact) mass is 370 g/mol. The van der Waals surface area contributed by atoms with Gasteiger partial charge in [-0.1, -0.05) is 0 Å². The Labute approximate surface area is 156 Å². The van der Waals surface area contributed by atoms with E-state index in [2.05, 4.69) is 15.6 Å². The van der Waals surface area contributed by atoms with Gasteiger partial charge in [-0.2, -0.15) is 5.10 Å². The third kappa shape index (κ3) is 3.58. The normalized spacial score (nSPS) is 17.5. The fraction of sp³-hybridized carbons (Fsp3) is 0.421. The molecule has 8 nitrogen and oxygen atoms in total. The molecular formula is C19H22N4O4. The molecular weight excluding hydrogens is 348 g/mol. The highest BCUT2D eigenvalue weighted by Gasteiger charge is 2.21. The second kappa shape index (κ2) is 7.50. The summed E-state index contributed by atoms with van der Waals surface area (Å²) in [5.41, 5.74) is 4.12. The number of amides is 1. The number of pyridine rings is 1. The minimum Gasteiger partial charge on any atom is -0.463 e. The van der Waals surface area contributed by atoms with Crippen LogP contribution < -0.4 is 5.48 Å². The summed E-state index contributed by atoms with van der Waals surface area (Å²) in [6.45, 7) is 4.66. The average molecular weight is 370 g/mol. The third-order valence-electron chi connectivity index (χ3n) is 4.50. The molecule has 142 valence electrons. The van der Waals surface area contributed by atoms with Crippen molar-refractivity contribution in [3.8, 4) is 11.5 Å². The summed E-state index contributed by atoms with van der Waals surface area (Å²) in [5, 5.41) is 5.05. The van der Waals surface area contributed by atoms with E-state index in [1.807, 2.05) is 13.8 Å². The van der Waals surface area contributed by atoms with Crippen molar-refractivity contribution in [3.63, 3.8) is 0 Å². The van der Waals surface area contributed by atoms with E-state index in [0.717, 1.165) is 19.3 Å². The number of hydrogen-bond acceptors (Lipinski definition) is 6. The van der Waals surface area contributed by atoms with E-state index in [1.165, 1.54) is 0 Å². The number of hydroxylamine groups is 1. The molecule has 0 aromatic carbocycles. The van der Waals surface area contributed by atoms with Gasteiger partial charge in [-0.3, -0.25) is 4.79 Å². The van der Waals surface area contributed by atoms with Crippen LogP contribution in [0.3, 0.4) is 0 Å². The first kappa shape index (κ1) is 17.7. The van der Waals surface area contributed by atoms with Crippen molar-refractivity contribution in [2.24, 2.45) is 0 Å². The molecule has 1 saturated heterocycles. The predicted octanol–water partition coefficient (Wildman–Crippen LogP) is 3.46. The van der Waals surface area contributed by atoms with Gasteiger partial charge in [0.2, 0.25) is 0 Å². The van der Waals surface area contributed by atoms with Crippen LogP contribution in [0.2, 0.25) is 0 Å². The van der Waals surface area contributed by atoms with Crippen LogP contribution in [0.25, 0.3) is 22.5 Å². The van der Waals surface area contributed by atoms with Gasteiger partial charge in [-0.15, -0.1) is 0 Å². The van der Waals surface area contributed by atoms with E-state index in [0.29, 0.717) is 34.7 Å². The fourth-order valence-corrected chi connectivity index (χ4v) is 3.11. The van der Waals surface area contributed by atoms with Crippen molar-refractivity contribution in [1.82, 2.24) is 20.2 Å². The number of aromatic nitrogens is 3. The molecule has 1 aliphatic rings. The lowest BCUT2D eigenvalue weighted by Gasteiger charge is -2.22. The van der Waals surface area contributed by atoms with Crippen molar-refractivity contribution in [2.75, 3.05) is 6.61 Å². The molecule has 27 heavy (non-hydrogen) atoms. The van der Waals surface area contributed by atoms with Crippen molar-refractivity contribution >= 4 is 16.9 Å². The van der Waals surface area contributed by atoms with Gasteiger partial charge >= 0.3 is 0 Å². The van der Waals surface area contributed by atoms with Crippen molar-refractivity contribution in [2.45, 2.75) is 45.4 Å². The summed E-state index contributed by atoms with van der Waals surface area (Å²) in [7, 11) is 0. The number of hydrogen-bond donors (Lipinski definition) is 1. The zero-order valence-corrected chi connectivity index (χ0v) is 15.3. The second-order valence-corrected chi connectivity index (χ2v) is 6.80. The number of fused-ring (bicyclic) bond motifs is 1. The first-order chi connectivity index (χ1) is 13.1. The lowest BCUT2D eigenvalue weighted by molar-refractivity contribution is -0.186. The summed E-state index contributed by atoms with van der Waals surface area (Å²) in [4.78, 5) is 22.9. The maximum Gasteiger partial charge on any atom is 0.275 e. The van der Waals surface area contributed by atoms with Gasteiger partial charge in [-0.25, -0.2) is 20.0 Å². The molecule has 0 spiro atoms. The Hall–Kier alpha value is -2.71. The minimum absolute atomic E-state index is 0.102. The van der Waals surface area contributed by atoms with E-state index < -0.39 is 6.29 Å². The molecule has 1 unspecified atom stereocenters. The van der Waals surface area contributed by atoms with E-state index in [9.17, 15) is 4.79 Å². The van der Waals surface area contributed by atoms with Crippen LogP contribution in [-0.2, 0) is 9.57 Å². The number of furan rings is 1. The van der Waals surface area contributed by atoms with Crippen LogP contribution in [0.5, 0.6) is 0 Å². The highest BCUT2D eigenvalue weighted by Crippen LogP contribution is 2.26. The fourth-order valence-electron chi connectivity index (χ4n) is 3.11. The van der Waals surface area contributed by atoms with Crippen molar-refractivity contribution in [1.29, 1.82) is 0 Å². The largest absolute Gasteiger partial charge is 0.463 e. The predicted molar refractivity (Wildman–Crippen MR) is 97.8 cm³/mol. The molecule has 0 bridgehead atoms. The Morgan fingerprint density at radius 1 is 1.41 bits per heavy atom. The number of ether oxygens (including phenoxy) is 1. The lowest BCUT2D eigenvalue weighted by atomic mass is 10.1. The van der Waals surface area contributed by atoms with Crippen LogP contribution in [0.1, 0.15) is 49.5 Å². The van der Waals surface area contributed by atoms with Gasteiger partial charge in [-0.05, 0) is 44.9 Å². The van der Waals surface area contributed by atoms with Crippen molar-refractivity contribution in [3.05, 3.63) is 36.2 Å². The Morgan fingerprint density at radius 2 is 2.30 bits per heavy atom. The Bertz CT molecular complexity index is 927. The Balaban J connectivity index is 1.68. The van der Waals surface area contributed by atoms with Gasteiger partial charge < -0.3 is 9.15 Å². The van der Waals surface area contributed by atoms with E-state index >= 15 is 0 Å². The second-order valence-electron chi connectivity index (χ2n) is 6.80. The molecule has 1 amide bonds. The quantitative estimate of drug-likeness (QED) is 0.692. The molecule has 0 saturated carbocycles. The molecule has 1 aliphatic heterocycles. The van der Waals surface area contributed by atoms with Gasteiger partial charge in [0.05, 0.1) is 23.4 Å². The average Bonchev–Trinajstić information content (AvgIpc) is 3.35. The molecule has 1 atom stereocenters. The smallest absolute Gasteiger partial charge is 0.275 e. The molecule has 8 heteroatoms. The number of carbonyl (C=O) groups excluding carboxylic acids is 1. The van der Waals surface area contributed by atoms with Gasteiger partial charge in [0, 0.05) is 19.1 Å². The first-order valence-corrected chi connectivity index (χ1v) is 9.13. The SMILES string of the molecule is CC(C)n1ncc2c(C(=O)NOC3CCCCO3)cc(-c3ccco3)nc21. The standard InChI is InChI=1S/C19H22N4O4/c1-12(2)23-18-14(11-20-23)13(10-15(21-18)16-6-5-9-25-16)19(24)22-27-17-7-3-4-8-26-17/h5-6,9-12,17H,3-4,7-8H2,1-2H3,(H,22,24). The summed E-state index contributed by atoms with van der Waals surface area (Å²) < 4.78 is 12.7. The van der Waals surface area contributed by atoms with Gasteiger partial charge in [0.1, 0.15) is 5.69 Å². The highest BCUT2D eigenvalue weighted by molar-refractivity contribution is 6.06. The van der Waals surface area contributed by atoms with Crippen LogP contribution in [0.15, 0.2) is 35.1 Å². The van der Waals surface area contributed by atoms with E-state index in [-0.39, 0.29) is 11.9 Å². The molecule has 0 radical (unpaired) electrons. The maximum atomic E-state index is 12.8. The summed E-state index contributed by atoms with van der Waals surface area (Å²) >= 11 is 0. The molecule has 1 fully saturated rings. The highest BCUT2D eigenvalue weighted by atomic mass is 16.8. The molecule has 0 aliphatic carbocycles. The first-order valence-electron chi connectivity index (χ1n) is 9.13. The number of nitrogens with one attached hydrogen (secondary N) is 1. The maximum absolute atomic E-state index is 12.8. The van der Waals surface area contributed by atoms with Crippen LogP contribution in [0, 0.1) is 0 Å². The minimum atomic E-state index is -0.414. The lowest BCUT2D eigenvalue weighted by Crippen LogP contribution is -2.33. The molecule has 4 heterocycles. The molecule has 1 N–H and O–H groups in total. The number of nitrogens with zero attached hydrogens (tertiary/aromatic N) is 3. The summed E-state index contributed by atoms with van der Waals surface area (Å²) in [6, 6.07) is 5.38.